The predicted molar refractivity (Wildman–Crippen MR) is 108 cm³/mol. The zero-order valence-electron chi connectivity index (χ0n) is 16.5. The van der Waals surface area contributed by atoms with Gasteiger partial charge in [-0.25, -0.2) is 8.42 Å². The van der Waals surface area contributed by atoms with Gasteiger partial charge >= 0.3 is 0 Å². The number of nitrogens with zero attached hydrogens (tertiary/aromatic N) is 1. The number of carbonyl (C=O) groups is 1. The first-order chi connectivity index (χ1) is 12.6. The molecule has 1 amide bonds. The van der Waals surface area contributed by atoms with Crippen molar-refractivity contribution in [2.24, 2.45) is 0 Å². The number of furan rings is 1. The van der Waals surface area contributed by atoms with E-state index in [-0.39, 0.29) is 36.6 Å². The summed E-state index contributed by atoms with van der Waals surface area (Å²) in [5.41, 5.74) is 2.67. The minimum absolute atomic E-state index is 0.148. The third-order valence-electron chi connectivity index (χ3n) is 4.34. The first kappa shape index (κ1) is 21.0. The zero-order chi connectivity index (χ0) is 20.2. The van der Waals surface area contributed by atoms with Gasteiger partial charge in [-0.15, -0.1) is 0 Å². The van der Waals surface area contributed by atoms with Crippen LogP contribution in [0.1, 0.15) is 61.2 Å². The number of para-hydroxylation sites is 1. The summed E-state index contributed by atoms with van der Waals surface area (Å²) in [7, 11) is -3.52. The Hall–Kier alpha value is -2.28. The van der Waals surface area contributed by atoms with Gasteiger partial charge in [0.1, 0.15) is 0 Å². The van der Waals surface area contributed by atoms with Crippen LogP contribution in [0.5, 0.6) is 0 Å². The van der Waals surface area contributed by atoms with E-state index in [0.29, 0.717) is 0 Å². The molecule has 0 saturated carbocycles. The topological polar surface area (TPSA) is 79.6 Å². The van der Waals surface area contributed by atoms with Crippen molar-refractivity contribution in [3.05, 3.63) is 53.5 Å². The summed E-state index contributed by atoms with van der Waals surface area (Å²) in [6.45, 7) is 8.50. The highest BCUT2D eigenvalue weighted by atomic mass is 32.2. The second-order valence-corrected chi connectivity index (χ2v) is 9.07. The molecule has 148 valence electrons. The number of hydrogen-bond acceptors (Lipinski definition) is 4. The van der Waals surface area contributed by atoms with Crippen LogP contribution in [0.2, 0.25) is 0 Å². The van der Waals surface area contributed by atoms with Crippen molar-refractivity contribution in [1.82, 2.24) is 5.32 Å². The maximum Gasteiger partial charge on any atom is 0.287 e. The van der Waals surface area contributed by atoms with E-state index in [0.717, 1.165) is 16.8 Å². The van der Waals surface area contributed by atoms with Crippen molar-refractivity contribution in [3.8, 4) is 0 Å². The molecule has 0 aliphatic carbocycles. The molecule has 0 bridgehead atoms. The number of benzene rings is 1. The van der Waals surface area contributed by atoms with Crippen LogP contribution in [0.3, 0.4) is 0 Å². The number of carbonyl (C=O) groups excluding carboxylic acids is 1. The average Bonchev–Trinajstić information content (AvgIpc) is 3.11. The van der Waals surface area contributed by atoms with Crippen LogP contribution in [-0.2, 0) is 10.0 Å². The second-order valence-electron chi connectivity index (χ2n) is 7.16. The number of anilines is 1. The Morgan fingerprint density at radius 1 is 1.07 bits per heavy atom. The molecular formula is C20H28N2O4S. The predicted octanol–water partition coefficient (Wildman–Crippen LogP) is 3.72. The van der Waals surface area contributed by atoms with Crippen LogP contribution in [-0.4, -0.2) is 33.7 Å². The van der Waals surface area contributed by atoms with Gasteiger partial charge in [0.2, 0.25) is 10.0 Å². The van der Waals surface area contributed by atoms with E-state index in [2.05, 4.69) is 5.32 Å². The molecule has 0 fully saturated rings. The number of amides is 1. The monoisotopic (exact) mass is 392 g/mol. The highest BCUT2D eigenvalue weighted by Gasteiger charge is 2.25. The van der Waals surface area contributed by atoms with Crippen molar-refractivity contribution in [1.29, 1.82) is 0 Å². The fourth-order valence-electron chi connectivity index (χ4n) is 3.01. The van der Waals surface area contributed by atoms with Crippen molar-refractivity contribution in [2.45, 2.75) is 39.5 Å². The lowest BCUT2D eigenvalue weighted by Crippen LogP contribution is -2.39. The van der Waals surface area contributed by atoms with Crippen LogP contribution in [0.25, 0.3) is 0 Å². The molecule has 0 spiro atoms. The molecule has 2 aromatic rings. The number of rotatable bonds is 8. The van der Waals surface area contributed by atoms with Crippen molar-refractivity contribution in [2.75, 3.05) is 23.7 Å². The number of nitrogens with one attached hydrogen (secondary N) is 1. The highest BCUT2D eigenvalue weighted by molar-refractivity contribution is 7.92. The summed E-state index contributed by atoms with van der Waals surface area (Å²) in [6.07, 6.45) is 2.62. The van der Waals surface area contributed by atoms with Crippen LogP contribution < -0.4 is 9.62 Å². The first-order valence-electron chi connectivity index (χ1n) is 9.05. The number of sulfonamides is 1. The summed E-state index contributed by atoms with van der Waals surface area (Å²) in [5.74, 6) is 0.169. The van der Waals surface area contributed by atoms with E-state index in [9.17, 15) is 13.2 Å². The molecular weight excluding hydrogens is 364 g/mol. The van der Waals surface area contributed by atoms with Gasteiger partial charge in [0, 0.05) is 6.54 Å². The Morgan fingerprint density at radius 2 is 1.67 bits per heavy atom. The van der Waals surface area contributed by atoms with Gasteiger partial charge in [-0.2, -0.15) is 0 Å². The van der Waals surface area contributed by atoms with E-state index in [1.807, 2.05) is 45.9 Å². The quantitative estimate of drug-likeness (QED) is 0.742. The lowest BCUT2D eigenvalue weighted by atomic mass is 9.92. The molecule has 7 heteroatoms. The minimum Gasteiger partial charge on any atom is -0.459 e. The highest BCUT2D eigenvalue weighted by Crippen LogP contribution is 2.36. The van der Waals surface area contributed by atoms with E-state index in [4.69, 9.17) is 4.42 Å². The molecule has 0 aliphatic heterocycles. The summed E-state index contributed by atoms with van der Waals surface area (Å²) in [5, 5.41) is 2.72. The van der Waals surface area contributed by atoms with Gasteiger partial charge in [-0.1, -0.05) is 45.9 Å². The summed E-state index contributed by atoms with van der Waals surface area (Å²) >= 11 is 0. The van der Waals surface area contributed by atoms with Crippen LogP contribution in [0.4, 0.5) is 5.69 Å². The smallest absolute Gasteiger partial charge is 0.287 e. The Labute approximate surface area is 161 Å². The zero-order valence-corrected chi connectivity index (χ0v) is 17.3. The molecule has 0 unspecified atom stereocenters. The standard InChI is InChI=1S/C20H28N2O4S/c1-14(2)16-8-6-9-17(15(3)4)19(16)22(27(5,24)25)12-11-21-20(23)18-10-7-13-26-18/h6-10,13-15H,11-12H2,1-5H3,(H,21,23). The average molecular weight is 393 g/mol. The van der Waals surface area contributed by atoms with Crippen LogP contribution in [0, 0.1) is 0 Å². The van der Waals surface area contributed by atoms with E-state index in [1.165, 1.54) is 16.8 Å². The molecule has 0 aliphatic rings. The Balaban J connectivity index is 2.33. The molecule has 0 saturated heterocycles. The van der Waals surface area contributed by atoms with Gasteiger partial charge in [0.25, 0.3) is 5.91 Å². The molecule has 27 heavy (non-hydrogen) atoms. The maximum atomic E-state index is 12.6. The van der Waals surface area contributed by atoms with E-state index >= 15 is 0 Å². The normalized spacial score (nSPS) is 11.8. The Kier molecular flexibility index (Phi) is 6.70. The van der Waals surface area contributed by atoms with Crippen LogP contribution in [0.15, 0.2) is 41.0 Å². The lowest BCUT2D eigenvalue weighted by molar-refractivity contribution is 0.0927. The van der Waals surface area contributed by atoms with Crippen molar-refractivity contribution >= 4 is 21.6 Å². The lowest BCUT2D eigenvalue weighted by Gasteiger charge is -2.30. The van der Waals surface area contributed by atoms with Gasteiger partial charge in [-0.3, -0.25) is 9.10 Å². The summed E-state index contributed by atoms with van der Waals surface area (Å²) in [4.78, 5) is 12.1. The first-order valence-corrected chi connectivity index (χ1v) is 10.9. The second kappa shape index (κ2) is 8.61. The molecule has 0 atom stereocenters. The molecule has 1 aromatic carbocycles. The Morgan fingerprint density at radius 3 is 2.11 bits per heavy atom. The van der Waals surface area contributed by atoms with Crippen LogP contribution >= 0.6 is 0 Å². The van der Waals surface area contributed by atoms with E-state index < -0.39 is 10.0 Å². The van der Waals surface area contributed by atoms with Gasteiger partial charge in [-0.05, 0) is 35.1 Å². The summed E-state index contributed by atoms with van der Waals surface area (Å²) in [6, 6.07) is 9.09. The van der Waals surface area contributed by atoms with Crippen molar-refractivity contribution in [3.63, 3.8) is 0 Å². The molecule has 1 heterocycles. The summed E-state index contributed by atoms with van der Waals surface area (Å²) < 4.78 is 31.6. The Bertz CT molecular complexity index is 845. The fourth-order valence-corrected chi connectivity index (χ4v) is 3.97. The molecule has 1 N–H and O–H groups in total. The molecule has 2 rings (SSSR count). The maximum absolute atomic E-state index is 12.6. The van der Waals surface area contributed by atoms with Gasteiger partial charge < -0.3 is 9.73 Å². The van der Waals surface area contributed by atoms with E-state index in [1.54, 1.807) is 12.1 Å². The SMILES string of the molecule is CC(C)c1cccc(C(C)C)c1N(CCNC(=O)c1ccco1)S(C)(=O)=O. The molecule has 1 aromatic heterocycles. The fraction of sp³-hybridized carbons (Fsp3) is 0.450. The number of hydrogen-bond donors (Lipinski definition) is 1. The minimum atomic E-state index is -3.52. The molecule has 0 radical (unpaired) electrons. The van der Waals surface area contributed by atoms with Crippen molar-refractivity contribution < 1.29 is 17.6 Å². The van der Waals surface area contributed by atoms with Gasteiger partial charge in [0.15, 0.2) is 5.76 Å². The molecule has 6 nitrogen and oxygen atoms in total. The third kappa shape index (κ3) is 5.13. The third-order valence-corrected chi connectivity index (χ3v) is 5.50. The largest absolute Gasteiger partial charge is 0.459 e. The van der Waals surface area contributed by atoms with Gasteiger partial charge in [0.05, 0.1) is 24.8 Å².